The van der Waals surface area contributed by atoms with Gasteiger partial charge in [0.15, 0.2) is 23.0 Å². The molecule has 0 amide bonds. The zero-order valence-electron chi connectivity index (χ0n) is 18.4. The number of aromatic amines is 1. The molecule has 6 heteroatoms. The lowest BCUT2D eigenvalue weighted by atomic mass is 9.83. The highest BCUT2D eigenvalue weighted by atomic mass is 16.7. The molecular weight excluding hydrogens is 428 g/mol. The van der Waals surface area contributed by atoms with Crippen LogP contribution in [0.25, 0.3) is 32.8 Å². The van der Waals surface area contributed by atoms with Gasteiger partial charge in [-0.25, -0.2) is 0 Å². The van der Waals surface area contributed by atoms with Crippen LogP contribution in [0.1, 0.15) is 17.2 Å². The molecule has 34 heavy (non-hydrogen) atoms. The van der Waals surface area contributed by atoms with Crippen LogP contribution in [-0.4, -0.2) is 25.6 Å². The fraction of sp³-hybridized carbons (Fsp3) is 0.143. The summed E-state index contributed by atoms with van der Waals surface area (Å²) in [4.78, 5) is 5.83. The van der Waals surface area contributed by atoms with E-state index in [1.165, 1.54) is 16.5 Å². The summed E-state index contributed by atoms with van der Waals surface area (Å²) in [6.07, 6.45) is 2.12. The number of nitrogens with one attached hydrogen (secondary N) is 1. The monoisotopic (exact) mass is 448 g/mol. The Bertz CT molecular complexity index is 1650. The Morgan fingerprint density at radius 3 is 2.53 bits per heavy atom. The molecule has 0 spiro atoms. The molecule has 0 fully saturated rings. The quantitative estimate of drug-likeness (QED) is 0.342. The standard InChI is InChI=1S/C28H20N2O4/c1-30-26-18(7-6-15-10-23-24(11-19(15)26)33-13-32-23)17-8-9-22-28(34-14-31-22)25(17)27(30)20-12-29-21-5-3-2-4-16(20)21/h2-12,27,29H,13-14H2,1H3. The van der Waals surface area contributed by atoms with E-state index >= 15 is 0 Å². The first-order chi connectivity index (χ1) is 16.8. The zero-order valence-corrected chi connectivity index (χ0v) is 18.4. The van der Waals surface area contributed by atoms with Gasteiger partial charge in [0.05, 0.1) is 11.7 Å². The van der Waals surface area contributed by atoms with Gasteiger partial charge in [-0.3, -0.25) is 0 Å². The summed E-state index contributed by atoms with van der Waals surface area (Å²) in [6, 6.07) is 21.1. The van der Waals surface area contributed by atoms with E-state index in [1.54, 1.807) is 0 Å². The molecule has 5 aromatic rings. The second-order valence-electron chi connectivity index (χ2n) is 8.95. The number of H-pyrrole nitrogens is 1. The molecule has 0 saturated heterocycles. The topological polar surface area (TPSA) is 56.0 Å². The van der Waals surface area contributed by atoms with Gasteiger partial charge in [-0.2, -0.15) is 0 Å². The number of rotatable bonds is 1. The van der Waals surface area contributed by atoms with E-state index in [4.69, 9.17) is 18.9 Å². The first kappa shape index (κ1) is 18.1. The summed E-state index contributed by atoms with van der Waals surface area (Å²) in [5.41, 5.74) is 6.94. The van der Waals surface area contributed by atoms with Gasteiger partial charge in [0.2, 0.25) is 13.6 Å². The first-order valence-electron chi connectivity index (χ1n) is 11.4. The van der Waals surface area contributed by atoms with Crippen LogP contribution in [0.2, 0.25) is 0 Å². The molecule has 4 aromatic carbocycles. The first-order valence-corrected chi connectivity index (χ1v) is 11.4. The van der Waals surface area contributed by atoms with Crippen molar-refractivity contribution < 1.29 is 18.9 Å². The van der Waals surface area contributed by atoms with Gasteiger partial charge in [0.1, 0.15) is 0 Å². The van der Waals surface area contributed by atoms with E-state index in [-0.39, 0.29) is 19.6 Å². The number of fused-ring (bicyclic) bond motifs is 9. The predicted octanol–water partition coefficient (Wildman–Crippen LogP) is 5.98. The van der Waals surface area contributed by atoms with Crippen LogP contribution in [0.3, 0.4) is 0 Å². The Kier molecular flexibility index (Phi) is 3.41. The fourth-order valence-corrected chi connectivity index (χ4v) is 5.80. The van der Waals surface area contributed by atoms with Gasteiger partial charge in [0, 0.05) is 46.2 Å². The zero-order chi connectivity index (χ0) is 22.4. The minimum absolute atomic E-state index is 0.0636. The van der Waals surface area contributed by atoms with E-state index in [1.807, 2.05) is 6.07 Å². The molecule has 3 aliphatic heterocycles. The Labute approximate surface area is 195 Å². The molecule has 0 saturated carbocycles. The van der Waals surface area contributed by atoms with Crippen LogP contribution >= 0.6 is 0 Å². The highest BCUT2D eigenvalue weighted by Gasteiger charge is 2.38. The van der Waals surface area contributed by atoms with E-state index in [9.17, 15) is 0 Å². The van der Waals surface area contributed by atoms with Crippen molar-refractivity contribution in [3.8, 4) is 34.1 Å². The van der Waals surface area contributed by atoms with Crippen molar-refractivity contribution >= 4 is 27.4 Å². The van der Waals surface area contributed by atoms with Crippen LogP contribution in [0.15, 0.2) is 66.9 Å². The summed E-state index contributed by atoms with van der Waals surface area (Å²) in [5, 5.41) is 3.46. The molecule has 3 aliphatic rings. The number of para-hydroxylation sites is 1. The highest BCUT2D eigenvalue weighted by Crippen LogP contribution is 2.56. The normalized spacial score (nSPS) is 17.3. The maximum absolute atomic E-state index is 6.05. The number of anilines is 1. The Morgan fingerprint density at radius 2 is 1.59 bits per heavy atom. The summed E-state index contributed by atoms with van der Waals surface area (Å²) in [6.45, 7) is 0.498. The van der Waals surface area contributed by atoms with Crippen molar-refractivity contribution in [2.45, 2.75) is 6.04 Å². The number of benzene rings is 4. The summed E-state index contributed by atoms with van der Waals surface area (Å²) in [5.74, 6) is 3.21. The summed E-state index contributed by atoms with van der Waals surface area (Å²) >= 11 is 0. The molecule has 6 nitrogen and oxygen atoms in total. The molecule has 0 radical (unpaired) electrons. The average Bonchev–Trinajstić information content (AvgIpc) is 3.61. The van der Waals surface area contributed by atoms with Crippen molar-refractivity contribution in [2.75, 3.05) is 25.5 Å². The molecular formula is C28H20N2O4. The lowest BCUT2D eigenvalue weighted by Crippen LogP contribution is -2.29. The SMILES string of the molecule is CN1c2c(ccc3cc4c(cc23)OCO4)-c2ccc3c(c2C1c1c[nH]c2ccccc12)OCO3. The number of hydrogen-bond donors (Lipinski definition) is 1. The largest absolute Gasteiger partial charge is 0.454 e. The highest BCUT2D eigenvalue weighted by molar-refractivity contribution is 6.06. The fourth-order valence-electron chi connectivity index (χ4n) is 5.80. The lowest BCUT2D eigenvalue weighted by Gasteiger charge is -2.39. The molecule has 4 heterocycles. The van der Waals surface area contributed by atoms with Crippen molar-refractivity contribution in [1.82, 2.24) is 4.98 Å². The Hall–Kier alpha value is -4.32. The van der Waals surface area contributed by atoms with Gasteiger partial charge >= 0.3 is 0 Å². The smallest absolute Gasteiger partial charge is 0.231 e. The molecule has 166 valence electrons. The number of hydrogen-bond acceptors (Lipinski definition) is 5. The van der Waals surface area contributed by atoms with Gasteiger partial charge in [-0.15, -0.1) is 0 Å². The van der Waals surface area contributed by atoms with E-state index in [0.29, 0.717) is 0 Å². The molecule has 8 rings (SSSR count). The third kappa shape index (κ3) is 2.25. The van der Waals surface area contributed by atoms with Gasteiger partial charge in [-0.1, -0.05) is 30.3 Å². The van der Waals surface area contributed by atoms with Crippen molar-refractivity contribution in [3.05, 3.63) is 78.0 Å². The molecule has 0 aliphatic carbocycles. The van der Waals surface area contributed by atoms with Crippen molar-refractivity contribution in [2.24, 2.45) is 0 Å². The molecule has 1 unspecified atom stereocenters. The maximum Gasteiger partial charge on any atom is 0.231 e. The Balaban J connectivity index is 1.47. The molecule has 1 N–H and O–H groups in total. The van der Waals surface area contributed by atoms with Crippen LogP contribution in [0.5, 0.6) is 23.0 Å². The summed E-state index contributed by atoms with van der Waals surface area (Å²) < 4.78 is 23.2. The third-order valence-corrected chi connectivity index (χ3v) is 7.28. The molecule has 0 bridgehead atoms. The Morgan fingerprint density at radius 1 is 0.794 bits per heavy atom. The van der Waals surface area contributed by atoms with E-state index in [0.717, 1.165) is 56.1 Å². The van der Waals surface area contributed by atoms with Crippen molar-refractivity contribution in [1.29, 1.82) is 0 Å². The van der Waals surface area contributed by atoms with Crippen LogP contribution in [0, 0.1) is 0 Å². The molecule has 1 atom stereocenters. The number of ether oxygens (including phenoxy) is 4. The van der Waals surface area contributed by atoms with Gasteiger partial charge in [0.25, 0.3) is 0 Å². The predicted molar refractivity (Wildman–Crippen MR) is 130 cm³/mol. The molecule has 1 aromatic heterocycles. The van der Waals surface area contributed by atoms with Crippen LogP contribution in [0.4, 0.5) is 5.69 Å². The van der Waals surface area contributed by atoms with E-state index in [2.05, 4.69) is 77.7 Å². The van der Waals surface area contributed by atoms with Gasteiger partial charge in [-0.05, 0) is 41.3 Å². The second-order valence-corrected chi connectivity index (χ2v) is 8.95. The minimum Gasteiger partial charge on any atom is -0.454 e. The number of nitrogens with zero attached hydrogens (tertiary/aromatic N) is 1. The third-order valence-electron chi connectivity index (χ3n) is 7.28. The van der Waals surface area contributed by atoms with Crippen LogP contribution in [-0.2, 0) is 0 Å². The summed E-state index contributed by atoms with van der Waals surface area (Å²) in [7, 11) is 2.16. The van der Waals surface area contributed by atoms with E-state index < -0.39 is 0 Å². The number of aromatic nitrogens is 1. The second kappa shape index (κ2) is 6.38. The van der Waals surface area contributed by atoms with Crippen molar-refractivity contribution in [3.63, 3.8) is 0 Å². The average molecular weight is 448 g/mol. The minimum atomic E-state index is -0.0636. The van der Waals surface area contributed by atoms with Gasteiger partial charge < -0.3 is 28.8 Å². The lowest BCUT2D eigenvalue weighted by molar-refractivity contribution is 0.173. The maximum atomic E-state index is 6.05. The van der Waals surface area contributed by atoms with Crippen LogP contribution < -0.4 is 23.8 Å².